The Kier molecular flexibility index (Phi) is 3.60. The Labute approximate surface area is 91.0 Å². The summed E-state index contributed by atoms with van der Waals surface area (Å²) >= 11 is 0. The summed E-state index contributed by atoms with van der Waals surface area (Å²) in [6.45, 7) is 3.24. The number of hydrogen-bond donors (Lipinski definition) is 1. The first-order valence-electron chi connectivity index (χ1n) is 4.38. The van der Waals surface area contributed by atoms with Crippen LogP contribution in [0, 0.1) is 11.6 Å². The van der Waals surface area contributed by atoms with E-state index in [9.17, 15) is 13.6 Å². The van der Waals surface area contributed by atoms with E-state index in [0.29, 0.717) is 0 Å². The standard InChI is InChI=1S/C11H10F2O3/c1-6(11(14)15)3-7-4-9(13)10(16-2)5-8(7)12/h4-5H,1,3H2,2H3,(H,14,15). The molecule has 0 aliphatic heterocycles. The molecule has 0 saturated heterocycles. The topological polar surface area (TPSA) is 46.5 Å². The molecule has 1 rings (SSSR count). The molecule has 0 bridgehead atoms. The molecule has 0 amide bonds. The van der Waals surface area contributed by atoms with Crippen LogP contribution in [0.4, 0.5) is 8.78 Å². The van der Waals surface area contributed by atoms with Crippen LogP contribution >= 0.6 is 0 Å². The van der Waals surface area contributed by atoms with Gasteiger partial charge in [-0.05, 0) is 11.6 Å². The van der Waals surface area contributed by atoms with Gasteiger partial charge in [0.05, 0.1) is 7.11 Å². The van der Waals surface area contributed by atoms with Crippen LogP contribution in [-0.4, -0.2) is 18.2 Å². The van der Waals surface area contributed by atoms with Gasteiger partial charge in [-0.2, -0.15) is 0 Å². The average molecular weight is 228 g/mol. The highest BCUT2D eigenvalue weighted by Crippen LogP contribution is 2.22. The molecule has 1 N–H and O–H groups in total. The van der Waals surface area contributed by atoms with E-state index in [4.69, 9.17) is 5.11 Å². The molecule has 0 aliphatic rings. The summed E-state index contributed by atoms with van der Waals surface area (Å²) in [6.07, 6.45) is -0.248. The summed E-state index contributed by atoms with van der Waals surface area (Å²) in [4.78, 5) is 10.5. The molecule has 3 nitrogen and oxygen atoms in total. The first-order valence-corrected chi connectivity index (χ1v) is 4.38. The number of aliphatic carboxylic acids is 1. The average Bonchev–Trinajstić information content (AvgIpc) is 2.22. The number of rotatable bonds is 4. The number of carbonyl (C=O) groups is 1. The van der Waals surface area contributed by atoms with Crippen molar-refractivity contribution in [1.29, 1.82) is 0 Å². The molecule has 5 heteroatoms. The zero-order valence-electron chi connectivity index (χ0n) is 8.59. The van der Waals surface area contributed by atoms with Crippen molar-refractivity contribution in [2.75, 3.05) is 7.11 Å². The van der Waals surface area contributed by atoms with Crippen LogP contribution in [0.25, 0.3) is 0 Å². The fourth-order valence-corrected chi connectivity index (χ4v) is 1.17. The Balaban J connectivity index is 3.02. The van der Waals surface area contributed by atoms with Crippen LogP contribution < -0.4 is 4.74 Å². The van der Waals surface area contributed by atoms with E-state index in [1.807, 2.05) is 0 Å². The van der Waals surface area contributed by atoms with Crippen LogP contribution in [-0.2, 0) is 11.2 Å². The molecule has 0 aliphatic carbocycles. The first-order chi connectivity index (χ1) is 7.45. The molecule has 0 heterocycles. The van der Waals surface area contributed by atoms with Gasteiger partial charge in [0.2, 0.25) is 0 Å². The van der Waals surface area contributed by atoms with E-state index in [0.717, 1.165) is 12.1 Å². The molecule has 0 spiro atoms. The smallest absolute Gasteiger partial charge is 0.331 e. The highest BCUT2D eigenvalue weighted by molar-refractivity contribution is 5.86. The Morgan fingerprint density at radius 1 is 1.44 bits per heavy atom. The molecular formula is C11H10F2O3. The van der Waals surface area contributed by atoms with Gasteiger partial charge >= 0.3 is 5.97 Å². The van der Waals surface area contributed by atoms with Gasteiger partial charge in [0.15, 0.2) is 11.6 Å². The lowest BCUT2D eigenvalue weighted by molar-refractivity contribution is -0.132. The molecular weight excluding hydrogens is 218 g/mol. The van der Waals surface area contributed by atoms with Crippen molar-refractivity contribution in [3.63, 3.8) is 0 Å². The minimum atomic E-state index is -1.24. The van der Waals surface area contributed by atoms with Crippen molar-refractivity contribution in [2.45, 2.75) is 6.42 Å². The fourth-order valence-electron chi connectivity index (χ4n) is 1.17. The maximum atomic E-state index is 13.4. The monoisotopic (exact) mass is 228 g/mol. The molecule has 16 heavy (non-hydrogen) atoms. The van der Waals surface area contributed by atoms with Crippen LogP contribution in [0.5, 0.6) is 5.75 Å². The predicted octanol–water partition coefficient (Wildman–Crippen LogP) is 2.16. The van der Waals surface area contributed by atoms with E-state index >= 15 is 0 Å². The second kappa shape index (κ2) is 4.74. The van der Waals surface area contributed by atoms with Crippen LogP contribution in [0.15, 0.2) is 24.3 Å². The third-order valence-electron chi connectivity index (χ3n) is 2.03. The van der Waals surface area contributed by atoms with Crippen molar-refractivity contribution < 1.29 is 23.4 Å². The number of carboxylic acids is 1. The predicted molar refractivity (Wildman–Crippen MR) is 53.4 cm³/mol. The normalized spacial score (nSPS) is 9.94. The minimum Gasteiger partial charge on any atom is -0.494 e. The SMILES string of the molecule is C=C(Cc1cc(F)c(OC)cc1F)C(=O)O. The zero-order chi connectivity index (χ0) is 12.3. The molecule has 0 saturated carbocycles. The number of ether oxygens (including phenoxy) is 1. The van der Waals surface area contributed by atoms with E-state index in [1.165, 1.54) is 7.11 Å². The second-order valence-corrected chi connectivity index (χ2v) is 3.16. The molecule has 86 valence electrons. The molecule has 0 unspecified atom stereocenters. The van der Waals surface area contributed by atoms with Gasteiger partial charge in [-0.3, -0.25) is 0 Å². The summed E-state index contributed by atoms with van der Waals surface area (Å²) in [5.74, 6) is -2.92. The summed E-state index contributed by atoms with van der Waals surface area (Å²) < 4.78 is 31.2. The van der Waals surface area contributed by atoms with Crippen molar-refractivity contribution in [3.8, 4) is 5.75 Å². The summed E-state index contributed by atoms with van der Waals surface area (Å²) in [5, 5.41) is 8.56. The molecule has 0 aromatic heterocycles. The van der Waals surface area contributed by atoms with Crippen molar-refractivity contribution in [1.82, 2.24) is 0 Å². The summed E-state index contributed by atoms with van der Waals surface area (Å²) in [5.41, 5.74) is -0.269. The van der Waals surface area contributed by atoms with Crippen LogP contribution in [0.2, 0.25) is 0 Å². The quantitative estimate of drug-likeness (QED) is 0.803. The number of hydrogen-bond acceptors (Lipinski definition) is 2. The molecule has 0 fully saturated rings. The van der Waals surface area contributed by atoms with E-state index in [-0.39, 0.29) is 23.3 Å². The zero-order valence-corrected chi connectivity index (χ0v) is 8.59. The molecule has 1 aromatic rings. The Morgan fingerprint density at radius 2 is 2.06 bits per heavy atom. The lowest BCUT2D eigenvalue weighted by Crippen LogP contribution is -2.04. The van der Waals surface area contributed by atoms with Gasteiger partial charge in [0.25, 0.3) is 0 Å². The van der Waals surface area contributed by atoms with Crippen LogP contribution in [0.1, 0.15) is 5.56 Å². The van der Waals surface area contributed by atoms with Crippen LogP contribution in [0.3, 0.4) is 0 Å². The number of halogens is 2. The summed E-state index contributed by atoms with van der Waals surface area (Å²) in [6, 6.07) is 1.78. The van der Waals surface area contributed by atoms with E-state index in [2.05, 4.69) is 11.3 Å². The molecule has 1 aromatic carbocycles. The third-order valence-corrected chi connectivity index (χ3v) is 2.03. The maximum Gasteiger partial charge on any atom is 0.331 e. The Bertz CT molecular complexity index is 441. The highest BCUT2D eigenvalue weighted by Gasteiger charge is 2.13. The van der Waals surface area contributed by atoms with Gasteiger partial charge < -0.3 is 9.84 Å². The summed E-state index contributed by atoms with van der Waals surface area (Å²) in [7, 11) is 1.22. The van der Waals surface area contributed by atoms with Gasteiger partial charge in [-0.1, -0.05) is 6.58 Å². The van der Waals surface area contributed by atoms with Gasteiger partial charge in [-0.15, -0.1) is 0 Å². The maximum absolute atomic E-state index is 13.4. The Morgan fingerprint density at radius 3 is 2.56 bits per heavy atom. The highest BCUT2D eigenvalue weighted by atomic mass is 19.1. The fraction of sp³-hybridized carbons (Fsp3) is 0.182. The van der Waals surface area contributed by atoms with Gasteiger partial charge in [-0.25, -0.2) is 13.6 Å². The minimum absolute atomic E-state index is 0.0642. The third kappa shape index (κ3) is 2.56. The number of benzene rings is 1. The van der Waals surface area contributed by atoms with E-state index in [1.54, 1.807) is 0 Å². The number of carboxylic acid groups (broad SMARTS) is 1. The van der Waals surface area contributed by atoms with E-state index < -0.39 is 17.6 Å². The van der Waals surface area contributed by atoms with Gasteiger partial charge in [0.1, 0.15) is 5.82 Å². The van der Waals surface area contributed by atoms with Gasteiger partial charge in [0, 0.05) is 18.1 Å². The first kappa shape index (κ1) is 12.2. The van der Waals surface area contributed by atoms with Crippen molar-refractivity contribution in [3.05, 3.63) is 41.5 Å². The van der Waals surface area contributed by atoms with Crippen molar-refractivity contribution in [2.24, 2.45) is 0 Å². The Hall–Kier alpha value is -1.91. The second-order valence-electron chi connectivity index (χ2n) is 3.16. The lowest BCUT2D eigenvalue weighted by Gasteiger charge is -2.07. The number of methoxy groups -OCH3 is 1. The largest absolute Gasteiger partial charge is 0.494 e. The van der Waals surface area contributed by atoms with Crippen molar-refractivity contribution >= 4 is 5.97 Å². The lowest BCUT2D eigenvalue weighted by atomic mass is 10.1. The molecule has 0 atom stereocenters. The molecule has 0 radical (unpaired) electrons.